The van der Waals surface area contributed by atoms with E-state index < -0.39 is 6.10 Å². The van der Waals surface area contributed by atoms with Crippen molar-refractivity contribution in [2.75, 3.05) is 4.90 Å². The number of imide groups is 1. The summed E-state index contributed by atoms with van der Waals surface area (Å²) in [4.78, 5) is 24.6. The maximum Gasteiger partial charge on any atom is 0.274 e. The van der Waals surface area contributed by atoms with Gasteiger partial charge in [-0.1, -0.05) is 19.1 Å². The van der Waals surface area contributed by atoms with Crippen molar-refractivity contribution in [1.29, 1.82) is 0 Å². The van der Waals surface area contributed by atoms with Gasteiger partial charge >= 0.3 is 0 Å². The van der Waals surface area contributed by atoms with E-state index in [1.807, 2.05) is 13.0 Å². The lowest BCUT2D eigenvalue weighted by atomic mass is 10.1. The molecule has 1 aliphatic rings. The third kappa shape index (κ3) is 1.56. The lowest BCUT2D eigenvalue weighted by Crippen LogP contribution is -2.47. The number of carbonyl (C=O) groups excluding carboxylic acids is 2. The number of hydrogen-bond donors (Lipinski definition) is 0. The number of amides is 2. The van der Waals surface area contributed by atoms with E-state index in [2.05, 4.69) is 0 Å². The number of nitrogens with zero attached hydrogens (tertiary/aromatic N) is 1. The molecule has 0 saturated carbocycles. The van der Waals surface area contributed by atoms with Gasteiger partial charge in [0.05, 0.1) is 5.69 Å². The van der Waals surface area contributed by atoms with Crippen LogP contribution in [0.2, 0.25) is 0 Å². The molecule has 0 spiro atoms. The molecule has 0 aromatic heterocycles. The van der Waals surface area contributed by atoms with Crippen molar-refractivity contribution in [2.45, 2.75) is 26.4 Å². The van der Waals surface area contributed by atoms with Crippen molar-refractivity contribution in [3.8, 4) is 5.75 Å². The van der Waals surface area contributed by atoms with Crippen LogP contribution in [0.1, 0.15) is 20.3 Å². The molecule has 0 radical (unpaired) electrons. The minimum atomic E-state index is -0.557. The number of carbonyl (C=O) groups is 2. The Hall–Kier alpha value is -1.84. The zero-order valence-electron chi connectivity index (χ0n) is 9.27. The zero-order chi connectivity index (χ0) is 11.7. The Labute approximate surface area is 93.8 Å². The van der Waals surface area contributed by atoms with E-state index in [0.29, 0.717) is 17.9 Å². The summed E-state index contributed by atoms with van der Waals surface area (Å²) in [5.74, 6) is 0.0250. The van der Waals surface area contributed by atoms with E-state index in [1.54, 1.807) is 18.2 Å². The third-order valence-electron chi connectivity index (χ3n) is 2.56. The Morgan fingerprint density at radius 1 is 1.44 bits per heavy atom. The first-order chi connectivity index (χ1) is 7.65. The standard InChI is InChI=1S/C12H13NO3/c1-3-10-12(15)13(8(2)14)9-6-4-5-7-11(9)16-10/h4-7,10H,3H2,1-2H3. The van der Waals surface area contributed by atoms with Crippen LogP contribution >= 0.6 is 0 Å². The fourth-order valence-corrected chi connectivity index (χ4v) is 1.79. The van der Waals surface area contributed by atoms with Crippen LogP contribution in [-0.2, 0) is 9.59 Å². The summed E-state index contributed by atoms with van der Waals surface area (Å²) in [5.41, 5.74) is 0.532. The van der Waals surface area contributed by atoms with Crippen LogP contribution in [0.3, 0.4) is 0 Å². The topological polar surface area (TPSA) is 46.6 Å². The molecule has 16 heavy (non-hydrogen) atoms. The molecule has 2 amide bonds. The average molecular weight is 219 g/mol. The van der Waals surface area contributed by atoms with Crippen LogP contribution in [0.5, 0.6) is 5.75 Å². The van der Waals surface area contributed by atoms with Crippen molar-refractivity contribution in [1.82, 2.24) is 0 Å². The van der Waals surface area contributed by atoms with E-state index >= 15 is 0 Å². The van der Waals surface area contributed by atoms with E-state index in [4.69, 9.17) is 4.74 Å². The normalized spacial score (nSPS) is 19.0. The molecule has 1 aromatic rings. The lowest BCUT2D eigenvalue weighted by Gasteiger charge is -2.31. The highest BCUT2D eigenvalue weighted by atomic mass is 16.5. The molecule has 1 unspecified atom stereocenters. The van der Waals surface area contributed by atoms with Crippen LogP contribution < -0.4 is 9.64 Å². The van der Waals surface area contributed by atoms with Crippen molar-refractivity contribution in [3.63, 3.8) is 0 Å². The first kappa shape index (κ1) is 10.7. The van der Waals surface area contributed by atoms with Gasteiger partial charge in [0.15, 0.2) is 6.10 Å². The summed E-state index contributed by atoms with van der Waals surface area (Å²) < 4.78 is 5.53. The number of ether oxygens (including phenoxy) is 1. The van der Waals surface area contributed by atoms with Crippen molar-refractivity contribution >= 4 is 17.5 Å². The van der Waals surface area contributed by atoms with Gasteiger partial charge < -0.3 is 4.74 Å². The Bertz CT molecular complexity index is 442. The molecule has 84 valence electrons. The molecule has 1 heterocycles. The Morgan fingerprint density at radius 2 is 2.12 bits per heavy atom. The second kappa shape index (κ2) is 3.96. The van der Waals surface area contributed by atoms with E-state index in [9.17, 15) is 9.59 Å². The molecule has 4 nitrogen and oxygen atoms in total. The molecule has 0 aliphatic carbocycles. The number of benzene rings is 1. The first-order valence-electron chi connectivity index (χ1n) is 5.25. The van der Waals surface area contributed by atoms with Crippen LogP contribution in [0, 0.1) is 0 Å². The number of anilines is 1. The molecule has 1 aliphatic heterocycles. The molecule has 1 aromatic carbocycles. The number of rotatable bonds is 1. The molecular weight excluding hydrogens is 206 g/mol. The molecule has 0 saturated heterocycles. The molecule has 0 N–H and O–H groups in total. The van der Waals surface area contributed by atoms with Gasteiger partial charge in [-0.15, -0.1) is 0 Å². The first-order valence-corrected chi connectivity index (χ1v) is 5.25. The summed E-state index contributed by atoms with van der Waals surface area (Å²) >= 11 is 0. The number of fused-ring (bicyclic) bond motifs is 1. The monoisotopic (exact) mass is 219 g/mol. The minimum absolute atomic E-state index is 0.279. The maximum atomic E-state index is 11.9. The number of hydrogen-bond acceptors (Lipinski definition) is 3. The fraction of sp³-hybridized carbons (Fsp3) is 0.333. The van der Waals surface area contributed by atoms with Gasteiger partial charge in [-0.2, -0.15) is 0 Å². The largest absolute Gasteiger partial charge is 0.478 e. The van der Waals surface area contributed by atoms with Crippen LogP contribution in [0.25, 0.3) is 0 Å². The van der Waals surface area contributed by atoms with E-state index in [0.717, 1.165) is 0 Å². The van der Waals surface area contributed by atoms with E-state index in [-0.39, 0.29) is 11.8 Å². The highest BCUT2D eigenvalue weighted by Gasteiger charge is 2.35. The zero-order valence-corrected chi connectivity index (χ0v) is 9.27. The summed E-state index contributed by atoms with van der Waals surface area (Å²) in [6, 6.07) is 7.07. The lowest BCUT2D eigenvalue weighted by molar-refractivity contribution is -0.131. The molecule has 4 heteroatoms. The predicted octanol–water partition coefficient (Wildman–Crippen LogP) is 1.74. The molecule has 2 rings (SSSR count). The Kier molecular flexibility index (Phi) is 2.64. The highest BCUT2D eigenvalue weighted by molar-refractivity contribution is 6.17. The van der Waals surface area contributed by atoms with Crippen LogP contribution in [-0.4, -0.2) is 17.9 Å². The number of para-hydroxylation sites is 2. The van der Waals surface area contributed by atoms with Crippen molar-refractivity contribution < 1.29 is 14.3 Å². The molecule has 0 bridgehead atoms. The second-order valence-electron chi connectivity index (χ2n) is 3.68. The van der Waals surface area contributed by atoms with Gasteiger partial charge in [0.1, 0.15) is 5.75 Å². The molecule has 1 atom stereocenters. The van der Waals surface area contributed by atoms with Gasteiger partial charge in [0, 0.05) is 6.92 Å². The third-order valence-corrected chi connectivity index (χ3v) is 2.56. The van der Waals surface area contributed by atoms with Gasteiger partial charge in [-0.25, -0.2) is 4.90 Å². The Balaban J connectivity index is 2.50. The molecular formula is C12H13NO3. The summed E-state index contributed by atoms with van der Waals surface area (Å²) in [5, 5.41) is 0. The van der Waals surface area contributed by atoms with Crippen LogP contribution in [0.4, 0.5) is 5.69 Å². The maximum absolute atomic E-state index is 11.9. The summed E-state index contributed by atoms with van der Waals surface area (Å²) in [6.45, 7) is 3.24. The fourth-order valence-electron chi connectivity index (χ4n) is 1.79. The van der Waals surface area contributed by atoms with Crippen molar-refractivity contribution in [3.05, 3.63) is 24.3 Å². The summed E-state index contributed by atoms with van der Waals surface area (Å²) in [7, 11) is 0. The summed E-state index contributed by atoms with van der Waals surface area (Å²) in [6.07, 6.45) is -0.00414. The van der Waals surface area contributed by atoms with E-state index in [1.165, 1.54) is 11.8 Å². The molecule has 0 fully saturated rings. The minimum Gasteiger partial charge on any atom is -0.478 e. The predicted molar refractivity (Wildman–Crippen MR) is 59.3 cm³/mol. The quantitative estimate of drug-likeness (QED) is 0.722. The van der Waals surface area contributed by atoms with Gasteiger partial charge in [-0.3, -0.25) is 9.59 Å². The van der Waals surface area contributed by atoms with Crippen molar-refractivity contribution in [2.24, 2.45) is 0 Å². The van der Waals surface area contributed by atoms with Gasteiger partial charge in [0.25, 0.3) is 5.91 Å². The SMILES string of the molecule is CCC1Oc2ccccc2N(C(C)=O)C1=O. The smallest absolute Gasteiger partial charge is 0.274 e. The van der Waals surface area contributed by atoms with Gasteiger partial charge in [-0.05, 0) is 18.6 Å². The van der Waals surface area contributed by atoms with Gasteiger partial charge in [0.2, 0.25) is 5.91 Å². The Morgan fingerprint density at radius 3 is 2.75 bits per heavy atom. The average Bonchev–Trinajstić information content (AvgIpc) is 2.27. The highest BCUT2D eigenvalue weighted by Crippen LogP contribution is 2.34. The van der Waals surface area contributed by atoms with Crippen LogP contribution in [0.15, 0.2) is 24.3 Å². The second-order valence-corrected chi connectivity index (χ2v) is 3.68.